The minimum atomic E-state index is -0.296. The Hall–Kier alpha value is -1.71. The number of hydrogen-bond acceptors (Lipinski definition) is 4. The van der Waals surface area contributed by atoms with Gasteiger partial charge < -0.3 is 9.53 Å². The quantitative estimate of drug-likeness (QED) is 0.0201. The number of hydrogen-bond donors (Lipinski definition) is 0. The van der Waals surface area contributed by atoms with Gasteiger partial charge in [-0.25, -0.2) is 0 Å². The van der Waals surface area contributed by atoms with Crippen LogP contribution >= 0.6 is 0 Å². The van der Waals surface area contributed by atoms with Crippen LogP contribution in [0.25, 0.3) is 0 Å². The molecule has 0 radical (unpaired) electrons. The average Bonchev–Trinajstić information content (AvgIpc) is 3.25. The molecule has 60 heavy (non-hydrogen) atoms. The van der Waals surface area contributed by atoms with Crippen molar-refractivity contribution in [3.63, 3.8) is 0 Å². The van der Waals surface area contributed by atoms with E-state index in [2.05, 4.69) is 45.1 Å². The van der Waals surface area contributed by atoms with E-state index in [1.54, 1.807) is 0 Å². The zero-order valence-electron chi connectivity index (χ0n) is 40.8. The molecule has 0 aromatic carbocycles. The molecule has 0 bridgehead atoms. The van der Waals surface area contributed by atoms with Crippen molar-refractivity contribution in [2.45, 2.75) is 303 Å². The Kier molecular flexibility index (Phi) is 48.5. The Morgan fingerprint density at radius 1 is 0.383 bits per heavy atom. The van der Waals surface area contributed by atoms with Gasteiger partial charge >= 0.3 is 11.9 Å². The molecule has 0 rings (SSSR count). The zero-order chi connectivity index (χ0) is 43.7. The van der Waals surface area contributed by atoms with Gasteiger partial charge in [0.15, 0.2) is 0 Å². The molecule has 4 nitrogen and oxygen atoms in total. The fourth-order valence-corrected chi connectivity index (χ4v) is 8.85. The normalized spacial score (nSPS) is 12.8. The lowest BCUT2D eigenvalue weighted by Gasteiger charge is -2.26. The van der Waals surface area contributed by atoms with Crippen molar-refractivity contribution >= 4 is 18.2 Å². The molecule has 2 unspecified atom stereocenters. The van der Waals surface area contributed by atoms with Crippen molar-refractivity contribution < 1.29 is 19.1 Å². The number of carbonyl (C=O) groups is 3. The van der Waals surface area contributed by atoms with E-state index >= 15 is 0 Å². The molecule has 0 aliphatic carbocycles. The first-order valence-corrected chi connectivity index (χ1v) is 27.1. The topological polar surface area (TPSA) is 60.4 Å². The van der Waals surface area contributed by atoms with Gasteiger partial charge in [0.2, 0.25) is 0 Å². The second-order valence-electron chi connectivity index (χ2n) is 18.7. The fraction of sp³-hybridized carbons (Fsp3) is 0.875. The maximum atomic E-state index is 13.9. The summed E-state index contributed by atoms with van der Waals surface area (Å²) >= 11 is 0. The fourth-order valence-electron chi connectivity index (χ4n) is 8.85. The van der Waals surface area contributed by atoms with Crippen LogP contribution in [0, 0.1) is 11.8 Å². The van der Waals surface area contributed by atoms with E-state index in [-0.39, 0.29) is 17.9 Å². The van der Waals surface area contributed by atoms with Crippen LogP contribution in [0.3, 0.4) is 0 Å². The standard InChI is InChI=1S/C56H104O4/c1-4-7-10-13-16-18-19-20-21-25-28-32-36-41-46-51-55(58)60-56(59)54(50-45-40-35-31-27-24-22-23-26-29-33-37-42-47-52-57)53(48-43-38-15-12-9-6-3)49-44-39-34-30-17-14-11-8-5-2/h16,18,20-21,52-54H,4-15,17,19,22-51H2,1-3H3. The molecule has 0 aliphatic heterocycles. The van der Waals surface area contributed by atoms with Crippen LogP contribution in [0.15, 0.2) is 24.3 Å². The first-order chi connectivity index (χ1) is 29.6. The molecule has 0 saturated heterocycles. The molecule has 0 saturated carbocycles. The van der Waals surface area contributed by atoms with E-state index in [1.165, 1.54) is 205 Å². The molecule has 0 N–H and O–H groups in total. The number of carbonyl (C=O) groups excluding carboxylic acids is 3. The van der Waals surface area contributed by atoms with Gasteiger partial charge in [-0.15, -0.1) is 0 Å². The highest BCUT2D eigenvalue weighted by Gasteiger charge is 2.30. The molecule has 0 fully saturated rings. The molecule has 0 heterocycles. The third-order valence-corrected chi connectivity index (χ3v) is 12.9. The molecule has 0 aromatic heterocycles. The summed E-state index contributed by atoms with van der Waals surface area (Å²) in [6.07, 6.45) is 62.8. The van der Waals surface area contributed by atoms with Gasteiger partial charge in [0.25, 0.3) is 0 Å². The van der Waals surface area contributed by atoms with Crippen LogP contribution in [0.1, 0.15) is 303 Å². The van der Waals surface area contributed by atoms with Crippen molar-refractivity contribution in [3.05, 3.63) is 24.3 Å². The molecular formula is C56H104O4. The summed E-state index contributed by atoms with van der Waals surface area (Å²) in [6, 6.07) is 0. The Morgan fingerprint density at radius 3 is 1.15 bits per heavy atom. The summed E-state index contributed by atoms with van der Waals surface area (Å²) in [5.74, 6) is -0.309. The third-order valence-electron chi connectivity index (χ3n) is 12.9. The second-order valence-corrected chi connectivity index (χ2v) is 18.7. The average molecular weight is 841 g/mol. The Labute approximate surface area is 375 Å². The Morgan fingerprint density at radius 2 is 0.717 bits per heavy atom. The lowest BCUT2D eigenvalue weighted by molar-refractivity contribution is -0.164. The summed E-state index contributed by atoms with van der Waals surface area (Å²) < 4.78 is 5.73. The summed E-state index contributed by atoms with van der Waals surface area (Å²) in [6.45, 7) is 6.81. The number of unbranched alkanes of at least 4 members (excludes halogenated alkanes) is 34. The first-order valence-electron chi connectivity index (χ1n) is 27.1. The van der Waals surface area contributed by atoms with Gasteiger partial charge in [-0.1, -0.05) is 251 Å². The van der Waals surface area contributed by atoms with Crippen molar-refractivity contribution in [3.8, 4) is 0 Å². The molecule has 352 valence electrons. The van der Waals surface area contributed by atoms with E-state index < -0.39 is 0 Å². The molecular weight excluding hydrogens is 737 g/mol. The van der Waals surface area contributed by atoms with Crippen LogP contribution in [0.5, 0.6) is 0 Å². The minimum Gasteiger partial charge on any atom is -0.393 e. The SMILES string of the molecule is CCCCCC=CCC=CCCCCCCCC(=O)OC(=O)C(CCCCCCCCCCCCCCCC=O)C(CCCCCCCC)CCCCCCCCCCC. The predicted octanol–water partition coefficient (Wildman–Crippen LogP) is 18.8. The van der Waals surface area contributed by atoms with Crippen molar-refractivity contribution in [2.75, 3.05) is 0 Å². The number of aldehydes is 1. The van der Waals surface area contributed by atoms with Crippen molar-refractivity contribution in [2.24, 2.45) is 11.8 Å². The van der Waals surface area contributed by atoms with Gasteiger partial charge in [-0.2, -0.15) is 0 Å². The molecule has 0 aromatic rings. The van der Waals surface area contributed by atoms with E-state index in [4.69, 9.17) is 4.74 Å². The molecule has 0 amide bonds. The summed E-state index contributed by atoms with van der Waals surface area (Å²) in [5.41, 5.74) is 0. The van der Waals surface area contributed by atoms with Crippen LogP contribution in [0.2, 0.25) is 0 Å². The summed E-state index contributed by atoms with van der Waals surface area (Å²) in [5, 5.41) is 0. The second kappa shape index (κ2) is 49.9. The van der Waals surface area contributed by atoms with E-state index in [1.807, 2.05) is 0 Å². The summed E-state index contributed by atoms with van der Waals surface area (Å²) in [4.78, 5) is 37.4. The minimum absolute atomic E-state index is 0.137. The maximum Gasteiger partial charge on any atom is 0.316 e. The summed E-state index contributed by atoms with van der Waals surface area (Å²) in [7, 11) is 0. The Balaban J connectivity index is 4.93. The zero-order valence-corrected chi connectivity index (χ0v) is 40.8. The molecule has 0 spiro atoms. The van der Waals surface area contributed by atoms with Crippen LogP contribution < -0.4 is 0 Å². The van der Waals surface area contributed by atoms with Crippen molar-refractivity contribution in [1.29, 1.82) is 0 Å². The van der Waals surface area contributed by atoms with E-state index in [0.717, 1.165) is 76.9 Å². The van der Waals surface area contributed by atoms with Gasteiger partial charge in [-0.3, -0.25) is 9.59 Å². The van der Waals surface area contributed by atoms with Crippen LogP contribution in [-0.2, 0) is 19.1 Å². The van der Waals surface area contributed by atoms with Crippen LogP contribution in [-0.4, -0.2) is 18.2 Å². The first kappa shape index (κ1) is 58.3. The van der Waals surface area contributed by atoms with Gasteiger partial charge in [0, 0.05) is 12.8 Å². The Bertz CT molecular complexity index is 953. The predicted molar refractivity (Wildman–Crippen MR) is 263 cm³/mol. The molecule has 2 atom stereocenters. The highest BCUT2D eigenvalue weighted by molar-refractivity contribution is 5.86. The van der Waals surface area contributed by atoms with E-state index in [0.29, 0.717) is 12.3 Å². The van der Waals surface area contributed by atoms with Crippen molar-refractivity contribution in [1.82, 2.24) is 0 Å². The number of allylic oxidation sites excluding steroid dienone is 4. The number of rotatable bonds is 49. The molecule has 4 heteroatoms. The smallest absolute Gasteiger partial charge is 0.316 e. The number of ether oxygens (including phenoxy) is 1. The lowest BCUT2D eigenvalue weighted by Crippen LogP contribution is -2.28. The van der Waals surface area contributed by atoms with Crippen LogP contribution in [0.4, 0.5) is 0 Å². The lowest BCUT2D eigenvalue weighted by atomic mass is 9.80. The van der Waals surface area contributed by atoms with Gasteiger partial charge in [-0.05, 0) is 70.1 Å². The maximum absolute atomic E-state index is 13.9. The van der Waals surface area contributed by atoms with Gasteiger partial charge in [0.1, 0.15) is 6.29 Å². The third kappa shape index (κ3) is 43.0. The monoisotopic (exact) mass is 841 g/mol. The van der Waals surface area contributed by atoms with Gasteiger partial charge in [0.05, 0.1) is 5.92 Å². The van der Waals surface area contributed by atoms with E-state index in [9.17, 15) is 14.4 Å². The largest absolute Gasteiger partial charge is 0.393 e. The molecule has 0 aliphatic rings. The number of esters is 2. The highest BCUT2D eigenvalue weighted by atomic mass is 16.6. The highest BCUT2D eigenvalue weighted by Crippen LogP contribution is 2.31.